The summed E-state index contributed by atoms with van der Waals surface area (Å²) in [6, 6.07) is 7.46. The molecule has 1 aromatic carbocycles. The smallest absolute Gasteiger partial charge is 0.219 e. The van der Waals surface area contributed by atoms with Crippen LogP contribution < -0.4 is 10.1 Å². The molecule has 2 N–H and O–H groups in total. The fourth-order valence-electron chi connectivity index (χ4n) is 1.65. The molecule has 0 aliphatic carbocycles. The number of aliphatic hydroxyl groups is 1. The number of benzene rings is 1. The van der Waals surface area contributed by atoms with Crippen LogP contribution >= 0.6 is 0 Å². The average molecular weight is 251 g/mol. The highest BCUT2D eigenvalue weighted by atomic mass is 16.5. The molecule has 0 bridgehead atoms. The van der Waals surface area contributed by atoms with Crippen molar-refractivity contribution in [2.75, 3.05) is 13.7 Å². The maximum Gasteiger partial charge on any atom is 0.219 e. The molecule has 0 aliphatic rings. The normalized spacial score (nSPS) is 11.9. The Balaban J connectivity index is 2.49. The topological polar surface area (TPSA) is 58.6 Å². The Bertz CT molecular complexity index is 379. The lowest BCUT2D eigenvalue weighted by Crippen LogP contribution is -2.18. The molecule has 1 rings (SSSR count). The fraction of sp³-hybridized carbons (Fsp3) is 0.500. The van der Waals surface area contributed by atoms with Crippen molar-refractivity contribution in [1.82, 2.24) is 5.32 Å². The lowest BCUT2D eigenvalue weighted by molar-refractivity contribution is -0.120. The van der Waals surface area contributed by atoms with E-state index >= 15 is 0 Å². The van der Waals surface area contributed by atoms with Gasteiger partial charge in [0, 0.05) is 19.0 Å². The molecule has 0 spiro atoms. The van der Waals surface area contributed by atoms with Crippen LogP contribution in [-0.2, 0) is 4.79 Å². The van der Waals surface area contributed by atoms with E-state index in [2.05, 4.69) is 5.32 Å². The summed E-state index contributed by atoms with van der Waals surface area (Å²) < 4.78 is 5.62. The first kappa shape index (κ1) is 14.5. The third-order valence-electron chi connectivity index (χ3n) is 2.75. The molecule has 0 radical (unpaired) electrons. The van der Waals surface area contributed by atoms with Crippen LogP contribution in [0.3, 0.4) is 0 Å². The summed E-state index contributed by atoms with van der Waals surface area (Å²) in [5.41, 5.74) is 0.806. The van der Waals surface area contributed by atoms with Crippen LogP contribution in [-0.4, -0.2) is 24.7 Å². The minimum atomic E-state index is -0.500. The zero-order chi connectivity index (χ0) is 13.4. The lowest BCUT2D eigenvalue weighted by atomic mass is 10.1. The van der Waals surface area contributed by atoms with Crippen molar-refractivity contribution in [1.29, 1.82) is 0 Å². The molecular weight excluding hydrogens is 230 g/mol. The van der Waals surface area contributed by atoms with E-state index in [1.54, 1.807) is 7.05 Å². The van der Waals surface area contributed by atoms with E-state index in [4.69, 9.17) is 4.74 Å². The Morgan fingerprint density at radius 3 is 2.83 bits per heavy atom. The molecule has 1 unspecified atom stereocenters. The Labute approximate surface area is 108 Å². The quantitative estimate of drug-likeness (QED) is 0.729. The summed E-state index contributed by atoms with van der Waals surface area (Å²) in [4.78, 5) is 11.0. The van der Waals surface area contributed by atoms with Gasteiger partial charge >= 0.3 is 0 Å². The van der Waals surface area contributed by atoms with Gasteiger partial charge in [-0.15, -0.1) is 0 Å². The van der Waals surface area contributed by atoms with Crippen molar-refractivity contribution < 1.29 is 14.6 Å². The van der Waals surface area contributed by atoms with Gasteiger partial charge in [-0.05, 0) is 18.9 Å². The van der Waals surface area contributed by atoms with Gasteiger partial charge in [0.2, 0.25) is 5.91 Å². The Hall–Kier alpha value is -1.55. The van der Waals surface area contributed by atoms with Crippen molar-refractivity contribution in [2.45, 2.75) is 32.3 Å². The standard InChI is InChI=1S/C14H21NO3/c1-3-12(16)11-7-4-5-8-13(11)18-10-6-9-14(17)15-2/h4-5,7-8,12,16H,3,6,9-10H2,1-2H3,(H,15,17). The molecule has 0 heterocycles. The summed E-state index contributed by atoms with van der Waals surface area (Å²) >= 11 is 0. The number of rotatable bonds is 7. The van der Waals surface area contributed by atoms with Crippen molar-refractivity contribution in [3.05, 3.63) is 29.8 Å². The molecule has 4 nitrogen and oxygen atoms in total. The number of para-hydroxylation sites is 1. The zero-order valence-corrected chi connectivity index (χ0v) is 11.0. The number of carbonyl (C=O) groups excluding carboxylic acids is 1. The van der Waals surface area contributed by atoms with Crippen LogP contribution in [0.4, 0.5) is 0 Å². The third-order valence-corrected chi connectivity index (χ3v) is 2.75. The molecule has 1 amide bonds. The third kappa shape index (κ3) is 4.37. The second kappa shape index (κ2) is 7.71. The second-order valence-corrected chi connectivity index (χ2v) is 4.09. The predicted octanol–water partition coefficient (Wildman–Crippen LogP) is 2.03. The molecule has 0 saturated carbocycles. The van der Waals surface area contributed by atoms with Gasteiger partial charge in [0.15, 0.2) is 0 Å². The zero-order valence-electron chi connectivity index (χ0n) is 11.0. The molecule has 100 valence electrons. The molecule has 0 saturated heterocycles. The molecule has 0 aliphatic heterocycles. The van der Waals surface area contributed by atoms with Crippen molar-refractivity contribution in [3.8, 4) is 5.75 Å². The second-order valence-electron chi connectivity index (χ2n) is 4.09. The molecule has 0 aromatic heterocycles. The van der Waals surface area contributed by atoms with E-state index in [1.165, 1.54) is 0 Å². The summed E-state index contributed by atoms with van der Waals surface area (Å²) in [7, 11) is 1.62. The van der Waals surface area contributed by atoms with Gasteiger partial charge in [-0.1, -0.05) is 25.1 Å². The Kier molecular flexibility index (Phi) is 6.22. The largest absolute Gasteiger partial charge is 0.493 e. The highest BCUT2D eigenvalue weighted by Gasteiger charge is 2.10. The van der Waals surface area contributed by atoms with E-state index in [0.717, 1.165) is 5.56 Å². The van der Waals surface area contributed by atoms with Crippen molar-refractivity contribution in [3.63, 3.8) is 0 Å². The van der Waals surface area contributed by atoms with Crippen LogP contribution in [0.15, 0.2) is 24.3 Å². The van der Waals surface area contributed by atoms with Gasteiger partial charge in [-0.3, -0.25) is 4.79 Å². The van der Waals surface area contributed by atoms with Crippen LogP contribution in [0.2, 0.25) is 0 Å². The summed E-state index contributed by atoms with van der Waals surface area (Å²) in [5, 5.41) is 12.4. The number of hydrogen-bond donors (Lipinski definition) is 2. The highest BCUT2D eigenvalue weighted by Crippen LogP contribution is 2.26. The lowest BCUT2D eigenvalue weighted by Gasteiger charge is -2.14. The SMILES string of the molecule is CCC(O)c1ccccc1OCCCC(=O)NC. The number of hydrogen-bond acceptors (Lipinski definition) is 3. The maximum atomic E-state index is 11.0. The van der Waals surface area contributed by atoms with Crippen LogP contribution in [0, 0.1) is 0 Å². The summed E-state index contributed by atoms with van der Waals surface area (Å²) in [5.74, 6) is 0.712. The van der Waals surface area contributed by atoms with Crippen molar-refractivity contribution in [2.24, 2.45) is 0 Å². The summed E-state index contributed by atoms with van der Waals surface area (Å²) in [6.07, 6.45) is 1.27. The first-order valence-electron chi connectivity index (χ1n) is 6.29. The van der Waals surface area contributed by atoms with E-state index in [0.29, 0.717) is 31.6 Å². The van der Waals surface area contributed by atoms with Crippen LogP contribution in [0.1, 0.15) is 37.9 Å². The minimum absolute atomic E-state index is 0.0143. The molecule has 1 atom stereocenters. The van der Waals surface area contributed by atoms with Crippen LogP contribution in [0.5, 0.6) is 5.75 Å². The monoisotopic (exact) mass is 251 g/mol. The molecule has 1 aromatic rings. The Morgan fingerprint density at radius 2 is 2.17 bits per heavy atom. The molecule has 0 fully saturated rings. The minimum Gasteiger partial charge on any atom is -0.493 e. The van der Waals surface area contributed by atoms with Gasteiger partial charge < -0.3 is 15.2 Å². The molecule has 4 heteroatoms. The number of amides is 1. The van der Waals surface area contributed by atoms with E-state index in [9.17, 15) is 9.90 Å². The van der Waals surface area contributed by atoms with Crippen molar-refractivity contribution >= 4 is 5.91 Å². The van der Waals surface area contributed by atoms with E-state index < -0.39 is 6.10 Å². The number of ether oxygens (including phenoxy) is 1. The van der Waals surface area contributed by atoms with Gasteiger partial charge in [-0.25, -0.2) is 0 Å². The summed E-state index contributed by atoms with van der Waals surface area (Å²) in [6.45, 7) is 2.40. The van der Waals surface area contributed by atoms with Gasteiger partial charge in [0.1, 0.15) is 5.75 Å². The number of nitrogens with one attached hydrogen (secondary N) is 1. The van der Waals surface area contributed by atoms with E-state index in [-0.39, 0.29) is 5.91 Å². The van der Waals surface area contributed by atoms with Gasteiger partial charge in [0.05, 0.1) is 12.7 Å². The average Bonchev–Trinajstić information content (AvgIpc) is 2.42. The highest BCUT2D eigenvalue weighted by molar-refractivity contribution is 5.75. The van der Waals surface area contributed by atoms with Gasteiger partial charge in [-0.2, -0.15) is 0 Å². The fourth-order valence-corrected chi connectivity index (χ4v) is 1.65. The van der Waals surface area contributed by atoms with Gasteiger partial charge in [0.25, 0.3) is 0 Å². The molecule has 18 heavy (non-hydrogen) atoms. The first-order chi connectivity index (χ1) is 8.69. The first-order valence-corrected chi connectivity index (χ1v) is 6.29. The van der Waals surface area contributed by atoms with Crippen LogP contribution in [0.25, 0.3) is 0 Å². The predicted molar refractivity (Wildman–Crippen MR) is 70.5 cm³/mol. The number of carbonyl (C=O) groups is 1. The maximum absolute atomic E-state index is 11.0. The number of aliphatic hydroxyl groups excluding tert-OH is 1. The molecular formula is C14H21NO3. The Morgan fingerprint density at radius 1 is 1.44 bits per heavy atom. The van der Waals surface area contributed by atoms with E-state index in [1.807, 2.05) is 31.2 Å².